The third-order valence-electron chi connectivity index (χ3n) is 8.88. The van der Waals surface area contributed by atoms with Crippen LogP contribution in [0.2, 0.25) is 0 Å². The van der Waals surface area contributed by atoms with Crippen LogP contribution in [0.1, 0.15) is 103 Å². The summed E-state index contributed by atoms with van der Waals surface area (Å²) < 4.78 is 71.5. The Morgan fingerprint density at radius 2 is 1.71 bits per heavy atom. The molecule has 49 heavy (non-hydrogen) atoms. The Labute approximate surface area is 280 Å². The van der Waals surface area contributed by atoms with Gasteiger partial charge in [-0.05, 0) is 76.1 Å². The van der Waals surface area contributed by atoms with E-state index in [2.05, 4.69) is 20.7 Å². The zero-order chi connectivity index (χ0) is 35.1. The highest BCUT2D eigenvalue weighted by Gasteiger charge is 2.43. The zero-order valence-corrected chi connectivity index (χ0v) is 27.6. The summed E-state index contributed by atoms with van der Waals surface area (Å²) in [5.41, 5.74) is 0.647. The molecular weight excluding hydrogens is 648 g/mol. The van der Waals surface area contributed by atoms with Crippen LogP contribution in [-0.2, 0) is 9.47 Å². The highest BCUT2D eigenvalue weighted by Crippen LogP contribution is 2.41. The molecule has 264 valence electrons. The number of aromatic nitrogens is 3. The molecular formula is C34H40F4N6O5. The van der Waals surface area contributed by atoms with Crippen LogP contribution >= 0.6 is 0 Å². The summed E-state index contributed by atoms with van der Waals surface area (Å²) >= 11 is 0. The van der Waals surface area contributed by atoms with Gasteiger partial charge in [-0.1, -0.05) is 12.1 Å². The first-order valence-corrected chi connectivity index (χ1v) is 16.5. The molecule has 2 aromatic heterocycles. The standard InChI is InChI=1S/C34H40F4N6O5/c1-32(2,3)49-31(47)42-28(20-10-12-33(35,36)13-11-20)25-16-44-27(41-25)14-21(15-40-44)26(17-48-22-8-9-22)39-18-34(37,38)19-43-29(45)23-6-4-5-7-24(23)30(43)46/h4-7,14-16,20,22,26,28,39H,8-13,17-19H2,1-3H3,(H,42,47)/t26-,28+/m1/s1. The Kier molecular flexibility index (Phi) is 9.44. The van der Waals surface area contributed by atoms with Gasteiger partial charge in [0.25, 0.3) is 17.7 Å². The largest absolute Gasteiger partial charge is 0.444 e. The molecule has 2 fully saturated rings. The summed E-state index contributed by atoms with van der Waals surface area (Å²) in [6.45, 7) is 3.25. The van der Waals surface area contributed by atoms with Crippen molar-refractivity contribution < 1.29 is 41.4 Å². The number of halogens is 4. The Balaban J connectivity index is 1.20. The molecule has 0 spiro atoms. The van der Waals surface area contributed by atoms with Crippen LogP contribution in [-0.4, -0.2) is 80.7 Å². The molecule has 15 heteroatoms. The predicted molar refractivity (Wildman–Crippen MR) is 168 cm³/mol. The highest BCUT2D eigenvalue weighted by atomic mass is 19.3. The summed E-state index contributed by atoms with van der Waals surface area (Å²) in [5, 5.41) is 10.1. The molecule has 3 amide bonds. The number of imidazole rings is 1. The van der Waals surface area contributed by atoms with Crippen LogP contribution in [0, 0.1) is 5.92 Å². The van der Waals surface area contributed by atoms with E-state index in [0.29, 0.717) is 21.8 Å². The van der Waals surface area contributed by atoms with Gasteiger partial charge in [-0.3, -0.25) is 14.5 Å². The van der Waals surface area contributed by atoms with Crippen molar-refractivity contribution in [2.24, 2.45) is 5.92 Å². The first kappa shape index (κ1) is 34.7. The molecule has 1 aliphatic heterocycles. The van der Waals surface area contributed by atoms with Crippen LogP contribution in [0.5, 0.6) is 0 Å². The number of carbonyl (C=O) groups is 3. The molecule has 3 aliphatic rings. The average Bonchev–Trinajstić information content (AvgIpc) is 3.71. The van der Waals surface area contributed by atoms with Gasteiger partial charge in [-0.15, -0.1) is 0 Å². The number of nitrogens with one attached hydrogen (secondary N) is 2. The number of amides is 3. The van der Waals surface area contributed by atoms with Gasteiger partial charge in [0.15, 0.2) is 5.65 Å². The predicted octanol–water partition coefficient (Wildman–Crippen LogP) is 5.86. The molecule has 2 saturated carbocycles. The Morgan fingerprint density at radius 3 is 2.33 bits per heavy atom. The fourth-order valence-corrected chi connectivity index (χ4v) is 6.20. The van der Waals surface area contributed by atoms with Crippen molar-refractivity contribution in [2.75, 3.05) is 19.7 Å². The molecule has 1 aromatic carbocycles. The number of fused-ring (bicyclic) bond motifs is 2. The molecule has 0 saturated heterocycles. The Morgan fingerprint density at radius 1 is 1.06 bits per heavy atom. The number of rotatable bonds is 12. The summed E-state index contributed by atoms with van der Waals surface area (Å²) in [6, 6.07) is 6.19. The number of imide groups is 1. The van der Waals surface area contributed by atoms with Crippen molar-refractivity contribution in [3.05, 3.63) is 65.1 Å². The quantitative estimate of drug-likeness (QED) is 0.179. The minimum absolute atomic E-state index is 0.0282. The Hall–Kier alpha value is -4.11. The van der Waals surface area contributed by atoms with Crippen LogP contribution < -0.4 is 10.6 Å². The lowest BCUT2D eigenvalue weighted by atomic mass is 9.81. The normalized spacial score (nSPS) is 19.6. The molecule has 0 radical (unpaired) electrons. The second-order valence-electron chi connectivity index (χ2n) is 14.1. The monoisotopic (exact) mass is 688 g/mol. The Bertz CT molecular complexity index is 1680. The molecule has 2 atom stereocenters. The molecule has 2 aliphatic carbocycles. The van der Waals surface area contributed by atoms with E-state index in [-0.39, 0.29) is 55.4 Å². The highest BCUT2D eigenvalue weighted by molar-refractivity contribution is 6.21. The summed E-state index contributed by atoms with van der Waals surface area (Å²) in [7, 11) is 0. The smallest absolute Gasteiger partial charge is 0.408 e. The van der Waals surface area contributed by atoms with E-state index in [1.807, 2.05) is 0 Å². The lowest BCUT2D eigenvalue weighted by Gasteiger charge is -2.33. The molecule has 3 aromatic rings. The first-order valence-electron chi connectivity index (χ1n) is 16.5. The van der Waals surface area contributed by atoms with Gasteiger partial charge in [0.1, 0.15) is 5.60 Å². The number of hydrogen-bond donors (Lipinski definition) is 2. The number of ether oxygens (including phenoxy) is 2. The summed E-state index contributed by atoms with van der Waals surface area (Å²) in [4.78, 5) is 43.5. The fourth-order valence-electron chi connectivity index (χ4n) is 6.20. The van der Waals surface area contributed by atoms with E-state index < -0.39 is 60.5 Å². The van der Waals surface area contributed by atoms with Gasteiger partial charge >= 0.3 is 6.09 Å². The molecule has 2 N–H and O–H groups in total. The molecule has 6 rings (SSSR count). The van der Waals surface area contributed by atoms with E-state index in [1.165, 1.54) is 22.8 Å². The average molecular weight is 689 g/mol. The van der Waals surface area contributed by atoms with E-state index in [4.69, 9.17) is 9.47 Å². The fraction of sp³-hybridized carbons (Fsp3) is 0.559. The van der Waals surface area contributed by atoms with Gasteiger partial charge < -0.3 is 20.1 Å². The summed E-state index contributed by atoms with van der Waals surface area (Å²) in [5.74, 6) is -8.10. The van der Waals surface area contributed by atoms with Crippen molar-refractivity contribution in [1.82, 2.24) is 30.1 Å². The molecule has 0 unspecified atom stereocenters. The zero-order valence-electron chi connectivity index (χ0n) is 27.6. The van der Waals surface area contributed by atoms with E-state index >= 15 is 8.78 Å². The van der Waals surface area contributed by atoms with E-state index in [1.54, 1.807) is 45.2 Å². The maximum Gasteiger partial charge on any atom is 0.408 e. The van der Waals surface area contributed by atoms with Crippen molar-refractivity contribution >= 4 is 23.6 Å². The van der Waals surface area contributed by atoms with Crippen LogP contribution in [0.25, 0.3) is 5.65 Å². The molecule has 11 nitrogen and oxygen atoms in total. The SMILES string of the molecule is CC(C)(C)OC(=O)N[C@H](c1cn2ncc([C@@H](COC3CC3)NCC(F)(F)CN3C(=O)c4ccccc4C3=O)cc2n1)C1CCC(F)(F)CC1. The minimum atomic E-state index is -3.47. The van der Waals surface area contributed by atoms with E-state index in [0.717, 1.165) is 12.8 Å². The maximum atomic E-state index is 15.3. The van der Waals surface area contributed by atoms with Crippen molar-refractivity contribution in [2.45, 2.75) is 94.9 Å². The van der Waals surface area contributed by atoms with Gasteiger partial charge in [0.2, 0.25) is 5.92 Å². The van der Waals surface area contributed by atoms with Crippen molar-refractivity contribution in [3.8, 4) is 0 Å². The van der Waals surface area contributed by atoms with Crippen LogP contribution in [0.15, 0.2) is 42.7 Å². The van der Waals surface area contributed by atoms with Crippen LogP contribution in [0.4, 0.5) is 22.4 Å². The van der Waals surface area contributed by atoms with Gasteiger partial charge in [0.05, 0.1) is 67.1 Å². The van der Waals surface area contributed by atoms with Gasteiger partial charge in [0, 0.05) is 12.8 Å². The van der Waals surface area contributed by atoms with Gasteiger partial charge in [-0.25, -0.2) is 31.9 Å². The third-order valence-corrected chi connectivity index (χ3v) is 8.88. The first-order chi connectivity index (χ1) is 23.1. The number of alkyl halides is 4. The second kappa shape index (κ2) is 13.3. The number of nitrogens with zero attached hydrogens (tertiary/aromatic N) is 4. The number of carbonyl (C=O) groups excluding carboxylic acids is 3. The summed E-state index contributed by atoms with van der Waals surface area (Å²) in [6.07, 6.45) is 3.85. The number of benzene rings is 1. The topological polar surface area (TPSA) is 127 Å². The maximum absolute atomic E-state index is 15.3. The van der Waals surface area contributed by atoms with Gasteiger partial charge in [-0.2, -0.15) is 5.10 Å². The third kappa shape index (κ3) is 8.38. The number of alkyl carbamates (subject to hydrolysis) is 1. The van der Waals surface area contributed by atoms with Crippen molar-refractivity contribution in [1.29, 1.82) is 0 Å². The number of hydrogen-bond acceptors (Lipinski definition) is 8. The molecule has 3 heterocycles. The van der Waals surface area contributed by atoms with E-state index in [9.17, 15) is 23.2 Å². The van der Waals surface area contributed by atoms with Crippen LogP contribution in [0.3, 0.4) is 0 Å². The lowest BCUT2D eigenvalue weighted by molar-refractivity contribution is -0.0500. The lowest BCUT2D eigenvalue weighted by Crippen LogP contribution is -2.46. The van der Waals surface area contributed by atoms with Crippen molar-refractivity contribution in [3.63, 3.8) is 0 Å². The molecule has 0 bridgehead atoms. The second-order valence-corrected chi connectivity index (χ2v) is 14.1. The minimum Gasteiger partial charge on any atom is -0.444 e.